The molecule has 4 nitrogen and oxygen atoms in total. The third kappa shape index (κ3) is 6.05. The topological polar surface area (TPSA) is 41.6 Å². The average molecular weight is 560 g/mol. The number of halogens is 4. The molecule has 2 aliphatic heterocycles. The minimum atomic E-state index is -0.512. The highest BCUT2D eigenvalue weighted by Crippen LogP contribution is 2.28. The van der Waals surface area contributed by atoms with Crippen molar-refractivity contribution in [2.75, 3.05) is 13.1 Å². The van der Waals surface area contributed by atoms with Gasteiger partial charge >= 0.3 is 6.09 Å². The molecule has 0 aliphatic carbocycles. The molecule has 1 N–H and O–H groups in total. The van der Waals surface area contributed by atoms with E-state index in [0.29, 0.717) is 34.0 Å². The number of carbonyl (C=O) groups is 1. The number of hydrogen-bond acceptors (Lipinski definition) is 3. The van der Waals surface area contributed by atoms with Gasteiger partial charge in [-0.3, -0.25) is 0 Å². The number of rotatable bonds is 0. The van der Waals surface area contributed by atoms with Gasteiger partial charge in [0.15, 0.2) is 0 Å². The van der Waals surface area contributed by atoms with Gasteiger partial charge in [-0.25, -0.2) is 13.6 Å². The van der Waals surface area contributed by atoms with Crippen LogP contribution in [0.1, 0.15) is 43.0 Å². The molecule has 4 rings (SSSR count). The summed E-state index contributed by atoms with van der Waals surface area (Å²) in [5, 5.41) is 3.21. The predicted molar refractivity (Wildman–Crippen MR) is 124 cm³/mol. The van der Waals surface area contributed by atoms with Crippen LogP contribution in [0.5, 0.6) is 0 Å². The van der Waals surface area contributed by atoms with E-state index in [-0.39, 0.29) is 17.7 Å². The maximum Gasteiger partial charge on any atom is 0.410 e. The largest absolute Gasteiger partial charge is 0.444 e. The Kier molecular flexibility index (Phi) is 7.76. The van der Waals surface area contributed by atoms with Crippen LogP contribution in [0.3, 0.4) is 0 Å². The van der Waals surface area contributed by atoms with Crippen LogP contribution in [-0.4, -0.2) is 29.7 Å². The van der Waals surface area contributed by atoms with Gasteiger partial charge < -0.3 is 15.0 Å². The molecule has 1 amide bonds. The van der Waals surface area contributed by atoms with Crippen LogP contribution < -0.4 is 5.32 Å². The molecule has 2 aromatic carbocycles. The van der Waals surface area contributed by atoms with E-state index in [1.165, 1.54) is 0 Å². The van der Waals surface area contributed by atoms with Crippen molar-refractivity contribution < 1.29 is 18.3 Å². The zero-order chi connectivity index (χ0) is 22.8. The van der Waals surface area contributed by atoms with Gasteiger partial charge in [-0.05, 0) is 106 Å². The molecule has 31 heavy (non-hydrogen) atoms. The van der Waals surface area contributed by atoms with Crippen molar-refractivity contribution in [3.63, 3.8) is 0 Å². The predicted octanol–water partition coefficient (Wildman–Crippen LogP) is 6.12. The van der Waals surface area contributed by atoms with Gasteiger partial charge in [0.25, 0.3) is 0 Å². The highest BCUT2D eigenvalue weighted by molar-refractivity contribution is 9.10. The fourth-order valence-corrected chi connectivity index (χ4v) is 4.31. The van der Waals surface area contributed by atoms with Crippen molar-refractivity contribution >= 4 is 38.0 Å². The average Bonchev–Trinajstić information content (AvgIpc) is 2.73. The van der Waals surface area contributed by atoms with E-state index in [4.69, 9.17) is 4.74 Å². The highest BCUT2D eigenvalue weighted by atomic mass is 79.9. The molecule has 0 atom stereocenters. The second kappa shape index (κ2) is 9.96. The number of nitrogens with zero attached hydrogens (tertiary/aromatic N) is 1. The first kappa shape index (κ1) is 24.1. The zero-order valence-corrected chi connectivity index (χ0v) is 21.0. The van der Waals surface area contributed by atoms with Crippen LogP contribution in [0.25, 0.3) is 0 Å². The first-order valence-electron chi connectivity index (χ1n) is 10.2. The van der Waals surface area contributed by atoms with E-state index in [1.807, 2.05) is 32.9 Å². The fraction of sp³-hybridized carbons (Fsp3) is 0.435. The molecule has 2 heterocycles. The lowest BCUT2D eigenvalue weighted by Crippen LogP contribution is -2.40. The van der Waals surface area contributed by atoms with E-state index in [0.717, 1.165) is 36.2 Å². The summed E-state index contributed by atoms with van der Waals surface area (Å²) in [6, 6.07) is 7.25. The molecule has 0 bridgehead atoms. The molecule has 2 aliphatic rings. The molecule has 2 aromatic rings. The van der Waals surface area contributed by atoms with Crippen LogP contribution in [0.4, 0.5) is 13.6 Å². The van der Waals surface area contributed by atoms with Crippen molar-refractivity contribution in [3.05, 3.63) is 67.1 Å². The summed E-state index contributed by atoms with van der Waals surface area (Å²) in [4.78, 5) is 13.6. The van der Waals surface area contributed by atoms with E-state index < -0.39 is 5.60 Å². The SMILES string of the molecule is CC(C)(C)OC(=O)N1CCc2c(ccc(Br)c2F)C1.Fc1c(Br)ccc2c1CCNC2. The maximum atomic E-state index is 13.9. The van der Waals surface area contributed by atoms with E-state index in [2.05, 4.69) is 37.2 Å². The van der Waals surface area contributed by atoms with Gasteiger partial charge in [0, 0.05) is 19.6 Å². The van der Waals surface area contributed by atoms with Crippen LogP contribution in [0, 0.1) is 11.6 Å². The van der Waals surface area contributed by atoms with Crippen LogP contribution in [0.15, 0.2) is 33.2 Å². The van der Waals surface area contributed by atoms with Gasteiger partial charge in [0.2, 0.25) is 0 Å². The van der Waals surface area contributed by atoms with Gasteiger partial charge in [0.1, 0.15) is 17.2 Å². The Hall–Kier alpha value is -1.51. The molecule has 0 aromatic heterocycles. The van der Waals surface area contributed by atoms with Crippen molar-refractivity contribution in [1.82, 2.24) is 10.2 Å². The van der Waals surface area contributed by atoms with Crippen molar-refractivity contribution in [2.24, 2.45) is 0 Å². The molecular formula is C23H26Br2F2N2O2. The quantitative estimate of drug-likeness (QED) is 0.423. The summed E-state index contributed by atoms with van der Waals surface area (Å²) in [5.74, 6) is -0.310. The molecule has 0 saturated carbocycles. The van der Waals surface area contributed by atoms with E-state index >= 15 is 0 Å². The molecule has 8 heteroatoms. The minimum Gasteiger partial charge on any atom is -0.444 e. The molecule has 0 spiro atoms. The Labute approximate surface area is 198 Å². The molecule has 0 unspecified atom stereocenters. The number of hydrogen-bond donors (Lipinski definition) is 1. The molecule has 0 radical (unpaired) electrons. The standard InChI is InChI=1S/C14H17BrFNO2.C9H9BrFN/c1-14(2,3)19-13(18)17-7-6-10-9(8-17)4-5-11(15)12(10)16;10-8-2-1-6-5-12-4-3-7(6)9(8)11/h4-5H,6-8H2,1-3H3;1-2,12H,3-5H2. The maximum absolute atomic E-state index is 13.9. The number of carbonyl (C=O) groups excluding carboxylic acids is 1. The summed E-state index contributed by atoms with van der Waals surface area (Å²) in [5.41, 5.74) is 2.97. The van der Waals surface area contributed by atoms with Crippen LogP contribution >= 0.6 is 31.9 Å². The summed E-state index contributed by atoms with van der Waals surface area (Å²) in [7, 11) is 0. The van der Waals surface area contributed by atoms with E-state index in [1.54, 1.807) is 17.0 Å². The number of amides is 1. The summed E-state index contributed by atoms with van der Waals surface area (Å²) < 4.78 is 33.7. The molecule has 0 fully saturated rings. The monoisotopic (exact) mass is 558 g/mol. The zero-order valence-electron chi connectivity index (χ0n) is 17.8. The number of benzene rings is 2. The minimum absolute atomic E-state index is 0.0889. The van der Waals surface area contributed by atoms with Gasteiger partial charge in [0.05, 0.1) is 8.95 Å². The van der Waals surface area contributed by atoms with Gasteiger partial charge in [-0.15, -0.1) is 0 Å². The smallest absolute Gasteiger partial charge is 0.410 e. The number of ether oxygens (including phenoxy) is 1. The lowest BCUT2D eigenvalue weighted by molar-refractivity contribution is 0.0222. The van der Waals surface area contributed by atoms with Crippen LogP contribution in [-0.2, 0) is 30.7 Å². The lowest BCUT2D eigenvalue weighted by Gasteiger charge is -2.31. The summed E-state index contributed by atoms with van der Waals surface area (Å²) in [6.07, 6.45) is 0.960. The van der Waals surface area contributed by atoms with Gasteiger partial charge in [-0.2, -0.15) is 0 Å². The second-order valence-corrected chi connectivity index (χ2v) is 10.3. The fourth-order valence-electron chi connectivity index (χ4n) is 3.57. The Morgan fingerprint density at radius 1 is 1.00 bits per heavy atom. The molecular weight excluding hydrogens is 534 g/mol. The van der Waals surface area contributed by atoms with Crippen molar-refractivity contribution in [3.8, 4) is 0 Å². The van der Waals surface area contributed by atoms with Crippen LogP contribution in [0.2, 0.25) is 0 Å². The molecule has 0 saturated heterocycles. The van der Waals surface area contributed by atoms with E-state index in [9.17, 15) is 13.6 Å². The van der Waals surface area contributed by atoms with Crippen molar-refractivity contribution in [1.29, 1.82) is 0 Å². The number of nitrogens with one attached hydrogen (secondary N) is 1. The third-order valence-electron chi connectivity index (χ3n) is 5.10. The lowest BCUT2D eigenvalue weighted by atomic mass is 9.99. The normalized spacial score (nSPS) is 15.4. The first-order valence-corrected chi connectivity index (χ1v) is 11.8. The Bertz CT molecular complexity index is 977. The highest BCUT2D eigenvalue weighted by Gasteiger charge is 2.27. The Morgan fingerprint density at radius 2 is 1.58 bits per heavy atom. The Balaban J connectivity index is 0.000000194. The summed E-state index contributed by atoms with van der Waals surface area (Å²) in [6.45, 7) is 8.04. The Morgan fingerprint density at radius 3 is 2.19 bits per heavy atom. The number of fused-ring (bicyclic) bond motifs is 2. The van der Waals surface area contributed by atoms with Gasteiger partial charge in [-0.1, -0.05) is 12.1 Å². The van der Waals surface area contributed by atoms with Crippen molar-refractivity contribution in [2.45, 2.75) is 52.3 Å². The third-order valence-corrected chi connectivity index (χ3v) is 6.32. The first-order chi connectivity index (χ1) is 14.6. The summed E-state index contributed by atoms with van der Waals surface area (Å²) >= 11 is 6.36. The molecule has 168 valence electrons. The second-order valence-electron chi connectivity index (χ2n) is 8.58.